The molecule has 37 heavy (non-hydrogen) atoms. The van der Waals surface area contributed by atoms with E-state index in [2.05, 4.69) is 0 Å². The summed E-state index contributed by atoms with van der Waals surface area (Å²) in [6, 6.07) is 11.5. The summed E-state index contributed by atoms with van der Waals surface area (Å²) in [6.07, 6.45) is 0. The zero-order chi connectivity index (χ0) is 27.4. The molecule has 0 heterocycles. The largest absolute Gasteiger partial charge is 0.504 e. The molecule has 0 unspecified atom stereocenters. The van der Waals surface area contributed by atoms with Gasteiger partial charge in [0.1, 0.15) is 0 Å². The van der Waals surface area contributed by atoms with Crippen LogP contribution in [0.3, 0.4) is 0 Å². The monoisotopic (exact) mass is 701 g/mol. The molecule has 0 bridgehead atoms. The van der Waals surface area contributed by atoms with Crippen molar-refractivity contribution in [1.29, 1.82) is 0 Å². The second kappa shape index (κ2) is 15.6. The maximum atomic E-state index is 10.4. The van der Waals surface area contributed by atoms with Crippen LogP contribution in [0.2, 0.25) is 0 Å². The number of ether oxygens (including phenoxy) is 3. The van der Waals surface area contributed by atoms with Gasteiger partial charge in [-0.3, -0.25) is 0 Å². The van der Waals surface area contributed by atoms with Crippen LogP contribution in [0.5, 0.6) is 34.5 Å². The Balaban J connectivity index is 0.000000518. The van der Waals surface area contributed by atoms with Gasteiger partial charge in [0.2, 0.25) is 0 Å². The first kappa shape index (κ1) is 32.6. The smallest absolute Gasteiger partial charge is 0.335 e. The van der Waals surface area contributed by atoms with Crippen molar-refractivity contribution in [2.75, 3.05) is 21.3 Å². The molecule has 1 radical (unpaired) electrons. The summed E-state index contributed by atoms with van der Waals surface area (Å²) in [4.78, 5) is 31.3. The minimum Gasteiger partial charge on any atom is -0.504 e. The van der Waals surface area contributed by atoms with Gasteiger partial charge in [0.25, 0.3) is 0 Å². The molecule has 0 atom stereocenters. The molecule has 0 aromatic heterocycles. The summed E-state index contributed by atoms with van der Waals surface area (Å²) < 4.78 is 14.2. The quantitative estimate of drug-likeness (QED) is 0.205. The van der Waals surface area contributed by atoms with Crippen LogP contribution in [0, 0.1) is 0 Å². The fourth-order valence-corrected chi connectivity index (χ4v) is 2.43. The molecule has 0 spiro atoms. The van der Waals surface area contributed by atoms with Crippen molar-refractivity contribution in [2.45, 2.75) is 0 Å². The summed E-state index contributed by atoms with van der Waals surface area (Å²) in [5.41, 5.74) is 0.263. The fraction of sp³-hybridized carbons (Fsp3) is 0.125. The van der Waals surface area contributed by atoms with Gasteiger partial charge in [-0.05, 0) is 54.6 Å². The van der Waals surface area contributed by atoms with Gasteiger partial charge < -0.3 is 44.8 Å². The topological polar surface area (TPSA) is 200 Å². The Labute approximate surface area is 226 Å². The Morgan fingerprint density at radius 1 is 0.514 bits per heavy atom. The molecule has 0 aliphatic heterocycles. The number of carboxylic acids is 3. The van der Waals surface area contributed by atoms with Gasteiger partial charge in [-0.25, -0.2) is 14.4 Å². The second-order valence-electron chi connectivity index (χ2n) is 6.58. The van der Waals surface area contributed by atoms with Crippen LogP contribution in [-0.4, -0.2) is 69.9 Å². The molecule has 0 saturated carbocycles. The number of phenolic OH excluding ortho intramolecular Hbond substituents is 3. The molecule has 3 rings (SSSR count). The SMILES string of the molecule is COc1cc(C(=O)O)ccc1O.COc1cc(C(=O)O)ccc1O.COc1cc(C(=O)O)ccc1O.[Au]. The second-order valence-corrected chi connectivity index (χ2v) is 6.58. The van der Waals surface area contributed by atoms with Crippen molar-refractivity contribution in [3.63, 3.8) is 0 Å². The number of aromatic hydroxyl groups is 3. The van der Waals surface area contributed by atoms with Gasteiger partial charge in [0.05, 0.1) is 38.0 Å². The first-order valence-corrected chi connectivity index (χ1v) is 9.76. The number of carbonyl (C=O) groups is 3. The van der Waals surface area contributed by atoms with Crippen LogP contribution in [0.1, 0.15) is 31.1 Å². The number of rotatable bonds is 6. The number of hydrogen-bond donors (Lipinski definition) is 6. The molecule has 0 fully saturated rings. The van der Waals surface area contributed by atoms with Crippen molar-refractivity contribution in [2.24, 2.45) is 0 Å². The molecule has 0 aliphatic carbocycles. The molecule has 13 heteroatoms. The summed E-state index contributed by atoms with van der Waals surface area (Å²) in [6.45, 7) is 0. The number of benzene rings is 3. The van der Waals surface area contributed by atoms with E-state index in [0.717, 1.165) is 0 Å². The molecule has 3 aromatic rings. The Morgan fingerprint density at radius 3 is 0.892 bits per heavy atom. The number of hydrogen-bond acceptors (Lipinski definition) is 9. The van der Waals surface area contributed by atoms with E-state index in [0.29, 0.717) is 0 Å². The molecular formula is C24H24AuO12. The Bertz CT molecular complexity index is 1080. The van der Waals surface area contributed by atoms with E-state index >= 15 is 0 Å². The Kier molecular flexibility index (Phi) is 13.7. The van der Waals surface area contributed by atoms with E-state index in [1.165, 1.54) is 75.9 Å². The summed E-state index contributed by atoms with van der Waals surface area (Å²) in [5, 5.41) is 53.0. The number of carboxylic acid groups (broad SMARTS) is 3. The van der Waals surface area contributed by atoms with Crippen molar-refractivity contribution >= 4 is 17.9 Å². The molecule has 0 saturated heterocycles. The maximum absolute atomic E-state index is 10.4. The number of phenols is 3. The van der Waals surface area contributed by atoms with E-state index in [1.54, 1.807) is 0 Å². The number of methoxy groups -OCH3 is 3. The van der Waals surface area contributed by atoms with Gasteiger partial charge in [0.15, 0.2) is 34.5 Å². The van der Waals surface area contributed by atoms with Gasteiger partial charge in [0, 0.05) is 22.4 Å². The van der Waals surface area contributed by atoms with Crippen LogP contribution >= 0.6 is 0 Å². The first-order chi connectivity index (χ1) is 16.9. The fourth-order valence-electron chi connectivity index (χ4n) is 2.43. The van der Waals surface area contributed by atoms with Crippen LogP contribution in [0.15, 0.2) is 54.6 Å². The van der Waals surface area contributed by atoms with Crippen LogP contribution in [-0.2, 0) is 22.4 Å². The van der Waals surface area contributed by atoms with Crippen molar-refractivity contribution < 1.29 is 81.6 Å². The van der Waals surface area contributed by atoms with Crippen LogP contribution in [0.25, 0.3) is 0 Å². The zero-order valence-electron chi connectivity index (χ0n) is 19.6. The van der Waals surface area contributed by atoms with Crippen LogP contribution < -0.4 is 14.2 Å². The van der Waals surface area contributed by atoms with E-state index < -0.39 is 17.9 Å². The Hall–Kier alpha value is -4.39. The van der Waals surface area contributed by atoms with Gasteiger partial charge in [-0.15, -0.1) is 0 Å². The predicted molar refractivity (Wildman–Crippen MR) is 125 cm³/mol. The minimum atomic E-state index is -1.05. The first-order valence-electron chi connectivity index (χ1n) is 9.76. The van der Waals surface area contributed by atoms with Gasteiger partial charge >= 0.3 is 17.9 Å². The van der Waals surface area contributed by atoms with E-state index in [1.807, 2.05) is 0 Å². The van der Waals surface area contributed by atoms with Gasteiger partial charge in [-0.2, -0.15) is 0 Å². The summed E-state index contributed by atoms with van der Waals surface area (Å²) in [5.74, 6) is -2.86. The van der Waals surface area contributed by atoms with Gasteiger partial charge in [-0.1, -0.05) is 0 Å². The average Bonchev–Trinajstić information content (AvgIpc) is 2.85. The van der Waals surface area contributed by atoms with Crippen molar-refractivity contribution in [3.8, 4) is 34.5 Å². The third-order valence-corrected chi connectivity index (χ3v) is 4.28. The van der Waals surface area contributed by atoms with E-state index in [-0.39, 0.29) is 73.6 Å². The van der Waals surface area contributed by atoms with Crippen LogP contribution in [0.4, 0.5) is 0 Å². The molecule has 6 N–H and O–H groups in total. The average molecular weight is 701 g/mol. The molecular weight excluding hydrogens is 677 g/mol. The molecule has 0 aliphatic rings. The predicted octanol–water partition coefficient (Wildman–Crippen LogP) is 3.29. The van der Waals surface area contributed by atoms with Crippen molar-refractivity contribution in [1.82, 2.24) is 0 Å². The minimum absolute atomic E-state index is 0. The van der Waals surface area contributed by atoms with E-state index in [9.17, 15) is 14.4 Å². The Morgan fingerprint density at radius 2 is 0.730 bits per heavy atom. The molecule has 12 nitrogen and oxygen atoms in total. The molecule has 3 aromatic carbocycles. The maximum Gasteiger partial charge on any atom is 0.335 e. The normalized spacial score (nSPS) is 9.16. The van der Waals surface area contributed by atoms with Crippen molar-refractivity contribution in [3.05, 3.63) is 71.3 Å². The third kappa shape index (κ3) is 10.0. The number of aromatic carboxylic acids is 3. The molecule has 203 valence electrons. The summed E-state index contributed by atoms with van der Waals surface area (Å²) >= 11 is 0. The standard InChI is InChI=1S/3C8H8O4.Au/c3*1-12-7-4-5(8(10)11)2-3-6(7)9;/h3*2-4,9H,1H3,(H,10,11);. The van der Waals surface area contributed by atoms with E-state index in [4.69, 9.17) is 44.8 Å². The molecule has 0 amide bonds. The third-order valence-electron chi connectivity index (χ3n) is 4.28. The zero-order valence-corrected chi connectivity index (χ0v) is 21.8. The summed E-state index contributed by atoms with van der Waals surface area (Å²) in [7, 11) is 4.09.